The predicted molar refractivity (Wildman–Crippen MR) is 84.4 cm³/mol. The molecule has 21 heavy (non-hydrogen) atoms. The fourth-order valence-electron chi connectivity index (χ4n) is 1.85. The number of hydrogen-bond acceptors (Lipinski definition) is 2. The summed E-state index contributed by atoms with van der Waals surface area (Å²) in [5.74, 6) is -2.72. The molecule has 2 aromatic rings. The first-order chi connectivity index (χ1) is 9.95. The standard InChI is InChI=1S/C15H13BrF3NS/c1-9(10-2-7-14(17)13(16)8-10)20-11-3-5-12(6-4-11)21-15(18)19/h2-9,15,20H,1H3. The highest BCUT2D eigenvalue weighted by molar-refractivity contribution is 9.10. The summed E-state index contributed by atoms with van der Waals surface area (Å²) in [6.45, 7) is 1.95. The highest BCUT2D eigenvalue weighted by Crippen LogP contribution is 2.28. The van der Waals surface area contributed by atoms with Gasteiger partial charge in [0.05, 0.1) is 4.47 Å². The number of anilines is 1. The van der Waals surface area contributed by atoms with E-state index in [0.717, 1.165) is 11.3 Å². The molecule has 0 fully saturated rings. The minimum absolute atomic E-state index is 0.0319. The van der Waals surface area contributed by atoms with Crippen molar-refractivity contribution >= 4 is 33.4 Å². The van der Waals surface area contributed by atoms with Crippen molar-refractivity contribution in [2.45, 2.75) is 23.6 Å². The van der Waals surface area contributed by atoms with Crippen LogP contribution in [-0.2, 0) is 0 Å². The largest absolute Gasteiger partial charge is 0.379 e. The van der Waals surface area contributed by atoms with Gasteiger partial charge in [-0.2, -0.15) is 8.78 Å². The SMILES string of the molecule is CC(Nc1ccc(SC(F)F)cc1)c1ccc(F)c(Br)c1. The third-order valence-corrected chi connectivity index (χ3v) is 4.24. The zero-order valence-corrected chi connectivity index (χ0v) is 13.5. The van der Waals surface area contributed by atoms with Crippen molar-refractivity contribution in [2.75, 3.05) is 5.32 Å². The molecule has 1 N–H and O–H groups in total. The Labute approximate surface area is 134 Å². The molecule has 0 aliphatic heterocycles. The molecule has 1 unspecified atom stereocenters. The molecule has 0 radical (unpaired) electrons. The van der Waals surface area contributed by atoms with Crippen LogP contribution in [0.15, 0.2) is 51.8 Å². The summed E-state index contributed by atoms with van der Waals surface area (Å²) >= 11 is 3.67. The van der Waals surface area contributed by atoms with E-state index < -0.39 is 5.76 Å². The van der Waals surface area contributed by atoms with Crippen molar-refractivity contribution < 1.29 is 13.2 Å². The molecule has 0 saturated carbocycles. The van der Waals surface area contributed by atoms with Crippen molar-refractivity contribution in [1.82, 2.24) is 0 Å². The maximum atomic E-state index is 13.2. The van der Waals surface area contributed by atoms with Gasteiger partial charge in [0.2, 0.25) is 0 Å². The Balaban J connectivity index is 2.04. The van der Waals surface area contributed by atoms with E-state index in [4.69, 9.17) is 0 Å². The van der Waals surface area contributed by atoms with E-state index in [1.807, 2.05) is 6.92 Å². The van der Waals surface area contributed by atoms with Crippen molar-refractivity contribution in [3.05, 3.63) is 58.3 Å². The molecule has 112 valence electrons. The quantitative estimate of drug-likeness (QED) is 0.635. The van der Waals surface area contributed by atoms with Crippen LogP contribution in [0.5, 0.6) is 0 Å². The van der Waals surface area contributed by atoms with E-state index in [0.29, 0.717) is 21.1 Å². The van der Waals surface area contributed by atoms with Gasteiger partial charge < -0.3 is 5.32 Å². The third kappa shape index (κ3) is 4.68. The maximum absolute atomic E-state index is 13.2. The molecule has 6 heteroatoms. The van der Waals surface area contributed by atoms with E-state index in [-0.39, 0.29) is 11.9 Å². The zero-order chi connectivity index (χ0) is 15.4. The van der Waals surface area contributed by atoms with Crippen LogP contribution < -0.4 is 5.32 Å². The highest BCUT2D eigenvalue weighted by atomic mass is 79.9. The summed E-state index contributed by atoms with van der Waals surface area (Å²) < 4.78 is 38.1. The van der Waals surface area contributed by atoms with Crippen LogP contribution in [0.2, 0.25) is 0 Å². The van der Waals surface area contributed by atoms with E-state index in [2.05, 4.69) is 21.2 Å². The second kappa shape index (κ2) is 7.22. The normalized spacial score (nSPS) is 12.5. The molecule has 1 nitrogen and oxygen atoms in total. The molecule has 0 aliphatic rings. The molecule has 0 aromatic heterocycles. The summed E-state index contributed by atoms with van der Waals surface area (Å²) in [5, 5.41) is 3.25. The van der Waals surface area contributed by atoms with E-state index in [9.17, 15) is 13.2 Å². The Morgan fingerprint density at radius 2 is 1.76 bits per heavy atom. The lowest BCUT2D eigenvalue weighted by molar-refractivity contribution is 0.252. The highest BCUT2D eigenvalue weighted by Gasteiger charge is 2.09. The van der Waals surface area contributed by atoms with Gasteiger partial charge in [0.1, 0.15) is 5.82 Å². The zero-order valence-electron chi connectivity index (χ0n) is 11.1. The fourth-order valence-corrected chi connectivity index (χ4v) is 2.74. The molecular formula is C15H13BrF3NS. The molecule has 2 rings (SSSR count). The summed E-state index contributed by atoms with van der Waals surface area (Å²) in [6, 6.07) is 11.6. The lowest BCUT2D eigenvalue weighted by Gasteiger charge is -2.16. The minimum atomic E-state index is -2.42. The second-order valence-corrected chi connectivity index (χ2v) is 6.36. The van der Waals surface area contributed by atoms with Gasteiger partial charge in [-0.05, 0) is 64.8 Å². The molecule has 0 amide bonds. The fraction of sp³-hybridized carbons (Fsp3) is 0.200. The van der Waals surface area contributed by atoms with Crippen LogP contribution in [-0.4, -0.2) is 5.76 Å². The Morgan fingerprint density at radius 3 is 2.33 bits per heavy atom. The van der Waals surface area contributed by atoms with Gasteiger partial charge in [-0.3, -0.25) is 0 Å². The van der Waals surface area contributed by atoms with Crippen LogP contribution in [0.4, 0.5) is 18.9 Å². The van der Waals surface area contributed by atoms with Crippen molar-refractivity contribution in [1.29, 1.82) is 0 Å². The first-order valence-electron chi connectivity index (χ1n) is 6.22. The lowest BCUT2D eigenvalue weighted by atomic mass is 10.1. The first kappa shape index (κ1) is 16.2. The monoisotopic (exact) mass is 375 g/mol. The number of halogens is 4. The van der Waals surface area contributed by atoms with Crippen LogP contribution in [0, 0.1) is 5.82 Å². The number of benzene rings is 2. The Morgan fingerprint density at radius 1 is 1.10 bits per heavy atom. The van der Waals surface area contributed by atoms with Gasteiger partial charge in [0.15, 0.2) is 0 Å². The number of alkyl halides is 2. The predicted octanol–water partition coefficient (Wildman–Crippen LogP) is 6.08. The van der Waals surface area contributed by atoms with E-state index >= 15 is 0 Å². The molecule has 2 aromatic carbocycles. The minimum Gasteiger partial charge on any atom is -0.379 e. The van der Waals surface area contributed by atoms with Crippen molar-refractivity contribution in [3.8, 4) is 0 Å². The molecule has 1 atom stereocenters. The third-order valence-electron chi connectivity index (χ3n) is 2.91. The number of nitrogens with one attached hydrogen (secondary N) is 1. The first-order valence-corrected chi connectivity index (χ1v) is 7.89. The lowest BCUT2D eigenvalue weighted by Crippen LogP contribution is -2.06. The van der Waals surface area contributed by atoms with Crippen LogP contribution >= 0.6 is 27.7 Å². The Bertz CT molecular complexity index is 604. The van der Waals surface area contributed by atoms with Crippen LogP contribution in [0.3, 0.4) is 0 Å². The smallest absolute Gasteiger partial charge is 0.288 e. The average molecular weight is 376 g/mol. The van der Waals surface area contributed by atoms with Gasteiger partial charge in [-0.25, -0.2) is 4.39 Å². The summed E-state index contributed by atoms with van der Waals surface area (Å²) in [5.41, 5.74) is 1.75. The maximum Gasteiger partial charge on any atom is 0.288 e. The summed E-state index contributed by atoms with van der Waals surface area (Å²) in [4.78, 5) is 0.521. The summed E-state index contributed by atoms with van der Waals surface area (Å²) in [6.07, 6.45) is 0. The van der Waals surface area contributed by atoms with Gasteiger partial charge in [0.25, 0.3) is 5.76 Å². The van der Waals surface area contributed by atoms with Crippen LogP contribution in [0.1, 0.15) is 18.5 Å². The Kier molecular flexibility index (Phi) is 5.58. The topological polar surface area (TPSA) is 12.0 Å². The van der Waals surface area contributed by atoms with Crippen molar-refractivity contribution in [3.63, 3.8) is 0 Å². The molecule has 0 heterocycles. The molecule has 0 spiro atoms. The summed E-state index contributed by atoms with van der Waals surface area (Å²) in [7, 11) is 0. The van der Waals surface area contributed by atoms with Gasteiger partial charge in [-0.15, -0.1) is 0 Å². The number of hydrogen-bond donors (Lipinski definition) is 1. The molecule has 0 bridgehead atoms. The molecular weight excluding hydrogens is 363 g/mol. The molecule has 0 saturated heterocycles. The van der Waals surface area contributed by atoms with Gasteiger partial charge >= 0.3 is 0 Å². The van der Waals surface area contributed by atoms with Gasteiger partial charge in [-0.1, -0.05) is 17.8 Å². The van der Waals surface area contributed by atoms with E-state index in [1.165, 1.54) is 6.07 Å². The molecule has 0 aliphatic carbocycles. The second-order valence-electron chi connectivity index (χ2n) is 4.44. The van der Waals surface area contributed by atoms with Crippen molar-refractivity contribution in [2.24, 2.45) is 0 Å². The van der Waals surface area contributed by atoms with Gasteiger partial charge in [0, 0.05) is 16.6 Å². The van der Waals surface area contributed by atoms with E-state index in [1.54, 1.807) is 36.4 Å². The number of rotatable bonds is 5. The number of thioether (sulfide) groups is 1. The average Bonchev–Trinajstić information content (AvgIpc) is 2.43. The van der Waals surface area contributed by atoms with Crippen LogP contribution in [0.25, 0.3) is 0 Å². The Hall–Kier alpha value is -1.14.